The average molecular weight is 524 g/mol. The fraction of sp³-hybridized carbons (Fsp3) is 0.200. The normalized spacial score (nSPS) is 11.6. The Balaban J connectivity index is 1.72. The first-order chi connectivity index (χ1) is 16.2. The Kier molecular flexibility index (Phi) is 9.16. The van der Waals surface area contributed by atoms with E-state index in [0.717, 1.165) is 0 Å². The number of hydrogen-bond acceptors (Lipinski definition) is 3. The highest BCUT2D eigenvalue weighted by Crippen LogP contribution is 2.24. The molecule has 3 aromatic rings. The van der Waals surface area contributed by atoms with Crippen LogP contribution in [0, 0.1) is 5.82 Å². The smallest absolute Gasteiger partial charge is 0.261 e. The predicted molar refractivity (Wildman–Crippen MR) is 132 cm³/mol. The van der Waals surface area contributed by atoms with Gasteiger partial charge < -0.3 is 15.0 Å². The number of benzene rings is 3. The fourth-order valence-electron chi connectivity index (χ4n) is 3.15. The third-order valence-corrected chi connectivity index (χ3v) is 5.99. The summed E-state index contributed by atoms with van der Waals surface area (Å²) in [6, 6.07) is 16.6. The van der Waals surface area contributed by atoms with Crippen LogP contribution < -0.4 is 10.1 Å². The molecule has 0 fully saturated rings. The van der Waals surface area contributed by atoms with Crippen LogP contribution in [0.15, 0.2) is 66.7 Å². The van der Waals surface area contributed by atoms with Gasteiger partial charge in [0, 0.05) is 23.1 Å². The molecule has 0 saturated carbocycles. The maximum atomic E-state index is 13.3. The van der Waals surface area contributed by atoms with Crippen molar-refractivity contribution in [3.8, 4) is 5.75 Å². The number of para-hydroxylation sites is 1. The van der Waals surface area contributed by atoms with E-state index in [9.17, 15) is 14.0 Å². The molecule has 3 aromatic carbocycles. The van der Waals surface area contributed by atoms with Crippen molar-refractivity contribution in [3.05, 3.63) is 98.7 Å². The van der Waals surface area contributed by atoms with E-state index >= 15 is 0 Å². The van der Waals surface area contributed by atoms with Crippen molar-refractivity contribution < 1.29 is 18.7 Å². The zero-order chi connectivity index (χ0) is 24.7. The largest absolute Gasteiger partial charge is 0.482 e. The summed E-state index contributed by atoms with van der Waals surface area (Å²) in [6.07, 6.45) is 0. The van der Waals surface area contributed by atoms with Gasteiger partial charge in [-0.2, -0.15) is 0 Å². The Hall–Kier alpha value is -2.80. The Bertz CT molecular complexity index is 1160. The Labute approximate surface area is 212 Å². The summed E-state index contributed by atoms with van der Waals surface area (Å²) in [4.78, 5) is 27.4. The zero-order valence-electron chi connectivity index (χ0n) is 18.2. The highest BCUT2D eigenvalue weighted by atomic mass is 35.5. The van der Waals surface area contributed by atoms with Gasteiger partial charge in [0.05, 0.1) is 5.02 Å². The van der Waals surface area contributed by atoms with Gasteiger partial charge in [0.15, 0.2) is 6.61 Å². The van der Waals surface area contributed by atoms with Crippen molar-refractivity contribution >= 4 is 46.6 Å². The molecule has 3 rings (SSSR count). The van der Waals surface area contributed by atoms with Crippen molar-refractivity contribution in [1.29, 1.82) is 0 Å². The van der Waals surface area contributed by atoms with Crippen molar-refractivity contribution in [2.45, 2.75) is 26.1 Å². The molecular formula is C25H22Cl3FN2O3. The van der Waals surface area contributed by atoms with E-state index in [1.807, 2.05) is 0 Å². The lowest BCUT2D eigenvalue weighted by Gasteiger charge is -2.29. The van der Waals surface area contributed by atoms with Crippen molar-refractivity contribution in [2.75, 3.05) is 6.61 Å². The molecule has 1 N–H and O–H groups in total. The van der Waals surface area contributed by atoms with Gasteiger partial charge in [-0.25, -0.2) is 4.39 Å². The molecule has 0 aliphatic rings. The number of rotatable bonds is 9. The molecule has 0 saturated heterocycles. The van der Waals surface area contributed by atoms with Gasteiger partial charge in [0.2, 0.25) is 5.91 Å². The van der Waals surface area contributed by atoms with Crippen LogP contribution in [0.2, 0.25) is 15.1 Å². The van der Waals surface area contributed by atoms with Gasteiger partial charge in [-0.15, -0.1) is 0 Å². The first-order valence-corrected chi connectivity index (χ1v) is 11.5. The third-order valence-electron chi connectivity index (χ3n) is 5.09. The summed E-state index contributed by atoms with van der Waals surface area (Å²) in [5.41, 5.74) is 1.35. The number of nitrogens with zero attached hydrogens (tertiary/aromatic N) is 1. The number of nitrogens with one attached hydrogen (secondary N) is 1. The van der Waals surface area contributed by atoms with Crippen LogP contribution in [-0.4, -0.2) is 29.4 Å². The highest BCUT2D eigenvalue weighted by Gasteiger charge is 2.26. The Morgan fingerprint density at radius 2 is 1.71 bits per heavy atom. The van der Waals surface area contributed by atoms with E-state index in [1.54, 1.807) is 61.5 Å². The van der Waals surface area contributed by atoms with Gasteiger partial charge in [-0.05, 0) is 54.4 Å². The van der Waals surface area contributed by atoms with Crippen LogP contribution in [-0.2, 0) is 22.7 Å². The number of halogens is 4. The standard InChI is InChI=1S/C25H22Cl3FN2O3/c1-16(25(33)30-13-18-8-9-19(26)12-22(18)28)31(14-17-6-10-20(29)11-7-17)24(32)15-34-23-5-3-2-4-21(23)27/h2-12,16H,13-15H2,1H3,(H,30,33)/t16-/m1/s1. The summed E-state index contributed by atoms with van der Waals surface area (Å²) in [5, 5.41) is 4.07. The molecule has 5 nitrogen and oxygen atoms in total. The van der Waals surface area contributed by atoms with Crippen molar-refractivity contribution in [3.63, 3.8) is 0 Å². The lowest BCUT2D eigenvalue weighted by Crippen LogP contribution is -2.48. The van der Waals surface area contributed by atoms with E-state index in [-0.39, 0.29) is 25.6 Å². The molecule has 0 aromatic heterocycles. The molecule has 0 aliphatic heterocycles. The van der Waals surface area contributed by atoms with Crippen molar-refractivity contribution in [1.82, 2.24) is 10.2 Å². The minimum Gasteiger partial charge on any atom is -0.482 e. The monoisotopic (exact) mass is 522 g/mol. The molecule has 0 radical (unpaired) electrons. The number of amides is 2. The van der Waals surface area contributed by atoms with E-state index < -0.39 is 17.8 Å². The molecule has 0 spiro atoms. The summed E-state index contributed by atoms with van der Waals surface area (Å²) < 4.78 is 18.9. The number of ether oxygens (including phenoxy) is 1. The highest BCUT2D eigenvalue weighted by molar-refractivity contribution is 6.35. The van der Waals surface area contributed by atoms with Crippen LogP contribution in [0.3, 0.4) is 0 Å². The molecule has 178 valence electrons. The van der Waals surface area contributed by atoms with E-state index in [0.29, 0.717) is 31.9 Å². The lowest BCUT2D eigenvalue weighted by molar-refractivity contribution is -0.142. The van der Waals surface area contributed by atoms with Gasteiger partial charge in [0.25, 0.3) is 5.91 Å². The van der Waals surface area contributed by atoms with Crippen molar-refractivity contribution in [2.24, 2.45) is 0 Å². The topological polar surface area (TPSA) is 58.6 Å². The van der Waals surface area contributed by atoms with Crippen LogP contribution in [0.1, 0.15) is 18.1 Å². The molecule has 1 atom stereocenters. The molecule has 2 amide bonds. The second kappa shape index (κ2) is 12.1. The maximum Gasteiger partial charge on any atom is 0.261 e. The lowest BCUT2D eigenvalue weighted by atomic mass is 10.1. The molecule has 9 heteroatoms. The van der Waals surface area contributed by atoms with E-state index in [2.05, 4.69) is 5.32 Å². The summed E-state index contributed by atoms with van der Waals surface area (Å²) in [7, 11) is 0. The minimum atomic E-state index is -0.849. The Morgan fingerprint density at radius 3 is 2.38 bits per heavy atom. The third kappa shape index (κ3) is 7.10. The second-order valence-corrected chi connectivity index (χ2v) is 8.75. The zero-order valence-corrected chi connectivity index (χ0v) is 20.5. The summed E-state index contributed by atoms with van der Waals surface area (Å²) >= 11 is 18.2. The Morgan fingerprint density at radius 1 is 1.00 bits per heavy atom. The molecule has 0 heterocycles. The summed E-state index contributed by atoms with van der Waals surface area (Å²) in [6.45, 7) is 1.52. The van der Waals surface area contributed by atoms with Crippen LogP contribution >= 0.6 is 34.8 Å². The van der Waals surface area contributed by atoms with Crippen LogP contribution in [0.4, 0.5) is 4.39 Å². The molecule has 34 heavy (non-hydrogen) atoms. The quantitative estimate of drug-likeness (QED) is 0.380. The molecular weight excluding hydrogens is 502 g/mol. The van der Waals surface area contributed by atoms with E-state index in [1.165, 1.54) is 17.0 Å². The number of hydrogen-bond donors (Lipinski definition) is 1. The van der Waals surface area contributed by atoms with Crippen LogP contribution in [0.25, 0.3) is 0 Å². The predicted octanol–water partition coefficient (Wildman–Crippen LogP) is 5.90. The first kappa shape index (κ1) is 25.8. The fourth-order valence-corrected chi connectivity index (χ4v) is 3.81. The molecule has 0 bridgehead atoms. The summed E-state index contributed by atoms with van der Waals surface area (Å²) in [5.74, 6) is -0.862. The number of carbonyl (C=O) groups is 2. The molecule has 0 aliphatic carbocycles. The SMILES string of the molecule is C[C@H](C(=O)NCc1ccc(Cl)cc1Cl)N(Cc1ccc(F)cc1)C(=O)COc1ccccc1Cl. The second-order valence-electron chi connectivity index (χ2n) is 7.50. The molecule has 0 unspecified atom stereocenters. The van der Waals surface area contributed by atoms with Crippen LogP contribution in [0.5, 0.6) is 5.75 Å². The maximum absolute atomic E-state index is 13.3. The van der Waals surface area contributed by atoms with Gasteiger partial charge in [-0.1, -0.05) is 65.1 Å². The van der Waals surface area contributed by atoms with Gasteiger partial charge in [0.1, 0.15) is 17.6 Å². The van der Waals surface area contributed by atoms with E-state index in [4.69, 9.17) is 39.5 Å². The number of carbonyl (C=O) groups excluding carboxylic acids is 2. The minimum absolute atomic E-state index is 0.0846. The average Bonchev–Trinajstić information content (AvgIpc) is 2.82. The van der Waals surface area contributed by atoms with Gasteiger partial charge in [-0.3, -0.25) is 9.59 Å². The van der Waals surface area contributed by atoms with Gasteiger partial charge >= 0.3 is 0 Å². The first-order valence-electron chi connectivity index (χ1n) is 10.4.